The van der Waals surface area contributed by atoms with Crippen molar-refractivity contribution in [3.05, 3.63) is 23.8 Å². The van der Waals surface area contributed by atoms with Gasteiger partial charge in [0.1, 0.15) is 11.5 Å². The topological polar surface area (TPSA) is 53.7 Å². The number of ether oxygens (including phenoxy) is 3. The summed E-state index contributed by atoms with van der Waals surface area (Å²) in [5.74, 6) is 2.09. The Kier molecular flexibility index (Phi) is 6.42. The minimum atomic E-state index is -0.0288. The molecule has 19 heavy (non-hydrogen) atoms. The molecule has 0 unspecified atom stereocenters. The van der Waals surface area contributed by atoms with Crippen molar-refractivity contribution >= 4 is 12.4 Å². The summed E-state index contributed by atoms with van der Waals surface area (Å²) in [5, 5.41) is 0. The van der Waals surface area contributed by atoms with Crippen LogP contribution in [0.2, 0.25) is 0 Å². The molecule has 0 spiro atoms. The first kappa shape index (κ1) is 16.1. The van der Waals surface area contributed by atoms with Crippen LogP contribution in [0.5, 0.6) is 11.5 Å². The lowest BCUT2D eigenvalue weighted by atomic mass is 9.87. The van der Waals surface area contributed by atoms with Crippen LogP contribution in [0.1, 0.15) is 24.4 Å². The number of hydrogen-bond acceptors (Lipinski definition) is 4. The standard InChI is InChI=1S/C14H21NO3.ClH/c1-16-11-3-4-13(17-2)12(9-11)14(15)10-5-7-18-8-6-10;/h3-4,9-10,14H,5-8,15H2,1-2H3;1H/t14-;/m0./s1. The van der Waals surface area contributed by atoms with Crippen molar-refractivity contribution in [3.8, 4) is 11.5 Å². The first-order valence-corrected chi connectivity index (χ1v) is 6.31. The number of rotatable bonds is 4. The minimum absolute atomic E-state index is 0. The zero-order valence-electron chi connectivity index (χ0n) is 11.4. The number of nitrogens with two attached hydrogens (primary N) is 1. The Balaban J connectivity index is 0.00000180. The predicted octanol–water partition coefficient (Wildman–Crippen LogP) is 2.55. The molecule has 1 fully saturated rings. The summed E-state index contributed by atoms with van der Waals surface area (Å²) < 4.78 is 16.0. The molecule has 1 heterocycles. The monoisotopic (exact) mass is 287 g/mol. The lowest BCUT2D eigenvalue weighted by Crippen LogP contribution is -2.27. The van der Waals surface area contributed by atoms with Crippen molar-refractivity contribution < 1.29 is 14.2 Å². The molecule has 0 saturated carbocycles. The smallest absolute Gasteiger partial charge is 0.123 e. The number of benzene rings is 1. The molecule has 0 bridgehead atoms. The van der Waals surface area contributed by atoms with Gasteiger partial charge in [-0.2, -0.15) is 0 Å². The van der Waals surface area contributed by atoms with Gasteiger partial charge < -0.3 is 19.9 Å². The molecular formula is C14H22ClNO3. The maximum absolute atomic E-state index is 6.38. The second-order valence-corrected chi connectivity index (χ2v) is 4.58. The Morgan fingerprint density at radius 1 is 1.21 bits per heavy atom. The molecule has 1 atom stereocenters. The van der Waals surface area contributed by atoms with Gasteiger partial charge in [-0.25, -0.2) is 0 Å². The number of hydrogen-bond donors (Lipinski definition) is 1. The summed E-state index contributed by atoms with van der Waals surface area (Å²) in [5.41, 5.74) is 7.40. The van der Waals surface area contributed by atoms with Gasteiger partial charge in [-0.05, 0) is 37.0 Å². The molecule has 108 valence electrons. The van der Waals surface area contributed by atoms with E-state index in [-0.39, 0.29) is 18.4 Å². The van der Waals surface area contributed by atoms with E-state index in [2.05, 4.69) is 0 Å². The van der Waals surface area contributed by atoms with E-state index in [1.54, 1.807) is 14.2 Å². The summed E-state index contributed by atoms with van der Waals surface area (Å²) >= 11 is 0. The molecule has 1 saturated heterocycles. The number of methoxy groups -OCH3 is 2. The molecule has 5 heteroatoms. The summed E-state index contributed by atoms with van der Waals surface area (Å²) in [6.07, 6.45) is 2.00. The fourth-order valence-corrected chi connectivity index (χ4v) is 2.43. The highest BCUT2D eigenvalue weighted by Gasteiger charge is 2.24. The average Bonchev–Trinajstić information content (AvgIpc) is 2.46. The molecule has 4 nitrogen and oxygen atoms in total. The fourth-order valence-electron chi connectivity index (χ4n) is 2.43. The molecule has 0 aromatic heterocycles. The SMILES string of the molecule is COc1ccc(OC)c([C@@H](N)C2CCOCC2)c1.Cl. The quantitative estimate of drug-likeness (QED) is 0.925. The minimum Gasteiger partial charge on any atom is -0.497 e. The normalized spacial score (nSPS) is 17.4. The van der Waals surface area contributed by atoms with Gasteiger partial charge in [0.2, 0.25) is 0 Å². The molecule has 2 N–H and O–H groups in total. The number of halogens is 1. The van der Waals surface area contributed by atoms with Crippen LogP contribution in [0.25, 0.3) is 0 Å². The van der Waals surface area contributed by atoms with E-state index in [1.807, 2.05) is 18.2 Å². The largest absolute Gasteiger partial charge is 0.497 e. The van der Waals surface area contributed by atoms with Crippen molar-refractivity contribution in [1.29, 1.82) is 0 Å². The maximum Gasteiger partial charge on any atom is 0.123 e. The van der Waals surface area contributed by atoms with Gasteiger partial charge in [-0.15, -0.1) is 12.4 Å². The molecule has 0 radical (unpaired) electrons. The van der Waals surface area contributed by atoms with Crippen LogP contribution in [0, 0.1) is 5.92 Å². The third-order valence-electron chi connectivity index (χ3n) is 3.57. The van der Waals surface area contributed by atoms with E-state index >= 15 is 0 Å². The Bertz CT molecular complexity index is 394. The zero-order chi connectivity index (χ0) is 13.0. The molecule has 0 amide bonds. The highest BCUT2D eigenvalue weighted by Crippen LogP contribution is 2.35. The van der Waals surface area contributed by atoms with Crippen molar-refractivity contribution in [1.82, 2.24) is 0 Å². The second kappa shape index (κ2) is 7.58. The van der Waals surface area contributed by atoms with Crippen LogP contribution >= 0.6 is 12.4 Å². The first-order valence-electron chi connectivity index (χ1n) is 6.31. The third kappa shape index (κ3) is 3.75. The van der Waals surface area contributed by atoms with Gasteiger partial charge in [0.15, 0.2) is 0 Å². The lowest BCUT2D eigenvalue weighted by Gasteiger charge is -2.28. The maximum atomic E-state index is 6.38. The average molecular weight is 288 g/mol. The Morgan fingerprint density at radius 3 is 2.47 bits per heavy atom. The van der Waals surface area contributed by atoms with Crippen LogP contribution in [0.3, 0.4) is 0 Å². The molecule has 1 aromatic rings. The van der Waals surface area contributed by atoms with Gasteiger partial charge in [0.25, 0.3) is 0 Å². The highest BCUT2D eigenvalue weighted by molar-refractivity contribution is 5.85. The van der Waals surface area contributed by atoms with E-state index in [9.17, 15) is 0 Å². The Labute approximate surface area is 120 Å². The zero-order valence-corrected chi connectivity index (χ0v) is 12.2. The summed E-state index contributed by atoms with van der Waals surface area (Å²) in [6, 6.07) is 5.74. The van der Waals surface area contributed by atoms with Crippen LogP contribution in [0.15, 0.2) is 18.2 Å². The summed E-state index contributed by atoms with van der Waals surface area (Å²) in [6.45, 7) is 1.59. The molecule has 1 aliphatic rings. The van der Waals surface area contributed by atoms with E-state index in [1.165, 1.54) is 0 Å². The van der Waals surface area contributed by atoms with E-state index in [0.29, 0.717) is 5.92 Å². The van der Waals surface area contributed by atoms with Gasteiger partial charge in [-0.1, -0.05) is 0 Å². The van der Waals surface area contributed by atoms with E-state index < -0.39 is 0 Å². The molecule has 0 aliphatic carbocycles. The first-order chi connectivity index (χ1) is 8.76. The molecule has 1 aromatic carbocycles. The summed E-state index contributed by atoms with van der Waals surface area (Å²) in [7, 11) is 3.33. The van der Waals surface area contributed by atoms with Crippen LogP contribution in [0.4, 0.5) is 0 Å². The Hall–Kier alpha value is -0.970. The van der Waals surface area contributed by atoms with Crippen LogP contribution in [-0.2, 0) is 4.74 Å². The van der Waals surface area contributed by atoms with Crippen molar-refractivity contribution in [3.63, 3.8) is 0 Å². The molecular weight excluding hydrogens is 266 g/mol. The van der Waals surface area contributed by atoms with Crippen molar-refractivity contribution in [2.45, 2.75) is 18.9 Å². The summed E-state index contributed by atoms with van der Waals surface area (Å²) in [4.78, 5) is 0. The van der Waals surface area contributed by atoms with Crippen molar-refractivity contribution in [2.75, 3.05) is 27.4 Å². The van der Waals surface area contributed by atoms with Crippen LogP contribution in [-0.4, -0.2) is 27.4 Å². The van der Waals surface area contributed by atoms with E-state index in [4.69, 9.17) is 19.9 Å². The highest BCUT2D eigenvalue weighted by atomic mass is 35.5. The third-order valence-corrected chi connectivity index (χ3v) is 3.57. The van der Waals surface area contributed by atoms with Crippen LogP contribution < -0.4 is 15.2 Å². The predicted molar refractivity (Wildman–Crippen MR) is 77.3 cm³/mol. The van der Waals surface area contributed by atoms with Crippen molar-refractivity contribution in [2.24, 2.45) is 11.7 Å². The van der Waals surface area contributed by atoms with Gasteiger partial charge >= 0.3 is 0 Å². The lowest BCUT2D eigenvalue weighted by molar-refractivity contribution is 0.0581. The molecule has 2 rings (SSSR count). The van der Waals surface area contributed by atoms with Gasteiger partial charge in [0, 0.05) is 24.8 Å². The van der Waals surface area contributed by atoms with Gasteiger partial charge in [0.05, 0.1) is 14.2 Å². The second-order valence-electron chi connectivity index (χ2n) is 4.58. The Morgan fingerprint density at radius 2 is 1.89 bits per heavy atom. The molecule has 1 aliphatic heterocycles. The fraction of sp³-hybridized carbons (Fsp3) is 0.571. The van der Waals surface area contributed by atoms with Gasteiger partial charge in [-0.3, -0.25) is 0 Å². The van der Waals surface area contributed by atoms with E-state index in [0.717, 1.165) is 43.1 Å².